The Balaban J connectivity index is 1.50. The van der Waals surface area contributed by atoms with E-state index >= 15 is 0 Å². The van der Waals surface area contributed by atoms with Crippen LogP contribution in [0.1, 0.15) is 24.8 Å². The summed E-state index contributed by atoms with van der Waals surface area (Å²) < 4.78 is 0. The summed E-state index contributed by atoms with van der Waals surface area (Å²) in [5.74, 6) is 1.60. The van der Waals surface area contributed by atoms with Crippen molar-refractivity contribution < 1.29 is 0 Å². The number of nitrogens with one attached hydrogen (secondary N) is 1. The molecule has 2 atom stereocenters. The summed E-state index contributed by atoms with van der Waals surface area (Å²) in [6.07, 6.45) is 14.9. The van der Waals surface area contributed by atoms with Gasteiger partial charge in [-0.05, 0) is 37.0 Å². The maximum absolute atomic E-state index is 6.29. The van der Waals surface area contributed by atoms with Crippen LogP contribution in [0.3, 0.4) is 0 Å². The lowest BCUT2D eigenvalue weighted by molar-refractivity contribution is 0.628. The van der Waals surface area contributed by atoms with Gasteiger partial charge < -0.3 is 15.6 Å². The van der Waals surface area contributed by atoms with Gasteiger partial charge in [-0.3, -0.25) is 4.98 Å². The summed E-state index contributed by atoms with van der Waals surface area (Å²) in [6, 6.07) is 10.8. The fraction of sp³-hybridized carbons (Fsp3) is 0.214. The van der Waals surface area contributed by atoms with Crippen molar-refractivity contribution in [2.45, 2.75) is 31.3 Å². The van der Waals surface area contributed by atoms with E-state index in [4.69, 9.17) is 15.7 Å². The van der Waals surface area contributed by atoms with Crippen molar-refractivity contribution in [2.75, 3.05) is 11.9 Å². The minimum absolute atomic E-state index is 0.236. The highest BCUT2D eigenvalue weighted by Gasteiger charge is 2.29. The van der Waals surface area contributed by atoms with Crippen molar-refractivity contribution >= 4 is 44.2 Å². The van der Waals surface area contributed by atoms with Gasteiger partial charge in [0.1, 0.15) is 11.5 Å². The number of pyridine rings is 2. The molecule has 2 unspecified atom stereocenters. The average Bonchev–Trinajstić information content (AvgIpc) is 3.45. The summed E-state index contributed by atoms with van der Waals surface area (Å²) in [4.78, 5) is 25.2. The smallest absolute Gasteiger partial charge is 0.163 e. The molecule has 2 aliphatic carbocycles. The first-order chi connectivity index (χ1) is 17.2. The number of para-hydroxylation sites is 1. The number of anilines is 1. The van der Waals surface area contributed by atoms with E-state index in [1.165, 1.54) is 0 Å². The lowest BCUT2D eigenvalue weighted by atomic mass is 9.97. The van der Waals surface area contributed by atoms with Crippen molar-refractivity contribution in [3.8, 4) is 11.4 Å². The van der Waals surface area contributed by atoms with Crippen LogP contribution in [-0.4, -0.2) is 44.1 Å². The van der Waals surface area contributed by atoms with Crippen LogP contribution in [0.5, 0.6) is 0 Å². The van der Waals surface area contributed by atoms with Gasteiger partial charge in [0.25, 0.3) is 0 Å². The molecule has 3 N–H and O–H groups in total. The Kier molecular flexibility index (Phi) is 4.47. The number of hydrogen-bond donors (Lipinski definition) is 2. The molecule has 7 rings (SSSR count). The molecule has 1 aromatic carbocycles. The Hall–Kier alpha value is -4.10. The molecule has 0 saturated heterocycles. The standard InChI is InChI=1S/C28H25N7/c1-35(18-10-9-17(29)13-18)28-25-21(16-5-4-6-16)14-30-15-23(25)33-26(34-28)20-11-12-31-27-24(20)19-7-2-3-8-22(19)32-27/h2-8,11-12,14-15,17-18H,9-10,13,29H2,1H3,(H,31,32). The van der Waals surface area contributed by atoms with Gasteiger partial charge in [-0.15, -0.1) is 0 Å². The summed E-state index contributed by atoms with van der Waals surface area (Å²) >= 11 is 0. The van der Waals surface area contributed by atoms with Crippen molar-refractivity contribution in [2.24, 2.45) is 5.73 Å². The van der Waals surface area contributed by atoms with Crippen LogP contribution in [0.2, 0.25) is 0 Å². The monoisotopic (exact) mass is 459 g/mol. The zero-order valence-electron chi connectivity index (χ0n) is 19.4. The Morgan fingerprint density at radius 3 is 2.71 bits per heavy atom. The van der Waals surface area contributed by atoms with E-state index in [1.807, 2.05) is 42.9 Å². The van der Waals surface area contributed by atoms with Crippen LogP contribution < -0.4 is 10.6 Å². The zero-order chi connectivity index (χ0) is 23.5. The maximum atomic E-state index is 6.29. The number of H-pyrrole nitrogens is 1. The number of benzene rings is 1. The largest absolute Gasteiger partial charge is 0.356 e. The molecule has 7 heteroatoms. The van der Waals surface area contributed by atoms with Crippen LogP contribution in [0.25, 0.3) is 49.8 Å². The molecular formula is C28H25N7. The topological polar surface area (TPSA) is 96.6 Å². The predicted molar refractivity (Wildman–Crippen MR) is 141 cm³/mol. The van der Waals surface area contributed by atoms with E-state index in [-0.39, 0.29) is 6.04 Å². The van der Waals surface area contributed by atoms with Crippen molar-refractivity contribution in [3.63, 3.8) is 0 Å². The molecule has 172 valence electrons. The third-order valence-electron chi connectivity index (χ3n) is 7.42. The van der Waals surface area contributed by atoms with Crippen molar-refractivity contribution in [1.29, 1.82) is 0 Å². The molecular weight excluding hydrogens is 434 g/mol. The lowest BCUT2D eigenvalue weighted by Crippen LogP contribution is -2.32. The number of aromatic amines is 1. The molecule has 0 bridgehead atoms. The highest BCUT2D eigenvalue weighted by Crippen LogP contribution is 2.39. The molecule has 5 aromatic rings. The Labute approximate surface area is 202 Å². The van der Waals surface area contributed by atoms with Gasteiger partial charge in [0.15, 0.2) is 5.82 Å². The third-order valence-corrected chi connectivity index (χ3v) is 7.42. The molecule has 35 heavy (non-hydrogen) atoms. The molecule has 0 spiro atoms. The molecule has 4 aromatic heterocycles. The quantitative estimate of drug-likeness (QED) is 0.393. The van der Waals surface area contributed by atoms with E-state index in [0.717, 1.165) is 74.6 Å². The van der Waals surface area contributed by atoms with Gasteiger partial charge in [0, 0.05) is 58.9 Å². The minimum atomic E-state index is 0.236. The summed E-state index contributed by atoms with van der Waals surface area (Å²) in [6.45, 7) is 0. The first-order valence-corrected chi connectivity index (χ1v) is 12.1. The zero-order valence-corrected chi connectivity index (χ0v) is 19.4. The predicted octanol–water partition coefficient (Wildman–Crippen LogP) is 4.99. The van der Waals surface area contributed by atoms with Crippen LogP contribution in [0.15, 0.2) is 67.2 Å². The van der Waals surface area contributed by atoms with Crippen LogP contribution in [0.4, 0.5) is 5.82 Å². The van der Waals surface area contributed by atoms with E-state index in [1.54, 1.807) is 0 Å². The van der Waals surface area contributed by atoms with Gasteiger partial charge in [0.2, 0.25) is 0 Å². The molecule has 7 nitrogen and oxygen atoms in total. The molecule has 0 amide bonds. The normalized spacial score (nSPS) is 19.4. The fourth-order valence-corrected chi connectivity index (χ4v) is 5.50. The van der Waals surface area contributed by atoms with Gasteiger partial charge in [0.05, 0.1) is 17.1 Å². The third kappa shape index (κ3) is 3.15. The second kappa shape index (κ2) is 7.71. The Morgan fingerprint density at radius 1 is 1.03 bits per heavy atom. The van der Waals surface area contributed by atoms with Gasteiger partial charge >= 0.3 is 0 Å². The van der Waals surface area contributed by atoms with Crippen molar-refractivity contribution in [1.82, 2.24) is 24.9 Å². The van der Waals surface area contributed by atoms with Crippen LogP contribution in [0, 0.1) is 0 Å². The number of rotatable bonds is 4. The Bertz CT molecular complexity index is 1680. The first kappa shape index (κ1) is 20.3. The molecule has 4 heterocycles. The molecule has 0 aliphatic heterocycles. The summed E-state index contributed by atoms with van der Waals surface area (Å²) in [5, 5.41) is 3.18. The van der Waals surface area contributed by atoms with Crippen molar-refractivity contribution in [3.05, 3.63) is 72.7 Å². The van der Waals surface area contributed by atoms with Gasteiger partial charge in [-0.25, -0.2) is 15.0 Å². The second-order valence-electron chi connectivity index (χ2n) is 9.52. The lowest BCUT2D eigenvalue weighted by Gasteiger charge is -2.28. The first-order valence-electron chi connectivity index (χ1n) is 12.1. The van der Waals surface area contributed by atoms with Gasteiger partial charge in [-0.2, -0.15) is 0 Å². The average molecular weight is 460 g/mol. The number of hydrogen-bond acceptors (Lipinski definition) is 6. The number of nitrogens with zero attached hydrogens (tertiary/aromatic N) is 5. The summed E-state index contributed by atoms with van der Waals surface area (Å²) in [7, 11) is 2.14. The van der Waals surface area contributed by atoms with E-state index in [9.17, 15) is 0 Å². The molecule has 1 fully saturated rings. The second-order valence-corrected chi connectivity index (χ2v) is 9.52. The molecule has 1 saturated carbocycles. The summed E-state index contributed by atoms with van der Waals surface area (Å²) in [5.41, 5.74) is 12.2. The highest BCUT2D eigenvalue weighted by atomic mass is 15.2. The SMILES string of the molecule is CN(c1nc(-c2ccnc3[nH]c4ccccc4c23)nc2cncc(C3=CC=C3)c12)C1CCC(N)C1. The Morgan fingerprint density at radius 2 is 1.91 bits per heavy atom. The van der Waals surface area contributed by atoms with Crippen LogP contribution in [-0.2, 0) is 0 Å². The molecule has 2 aliphatic rings. The van der Waals surface area contributed by atoms with E-state index in [2.05, 4.69) is 51.2 Å². The number of aromatic nitrogens is 5. The van der Waals surface area contributed by atoms with Gasteiger partial charge in [-0.1, -0.05) is 36.4 Å². The molecule has 0 radical (unpaired) electrons. The number of fused-ring (bicyclic) bond motifs is 4. The van der Waals surface area contributed by atoms with E-state index < -0.39 is 0 Å². The number of allylic oxidation sites excluding steroid dienone is 4. The minimum Gasteiger partial charge on any atom is -0.356 e. The highest BCUT2D eigenvalue weighted by molar-refractivity contribution is 6.13. The number of nitrogens with two attached hydrogens (primary N) is 1. The fourth-order valence-electron chi connectivity index (χ4n) is 5.50. The van der Waals surface area contributed by atoms with Crippen LogP contribution >= 0.6 is 0 Å². The van der Waals surface area contributed by atoms with E-state index in [0.29, 0.717) is 11.9 Å². The maximum Gasteiger partial charge on any atom is 0.163 e.